The molecular weight excluding hydrogens is 237 g/mol. The first-order valence-corrected chi connectivity index (χ1v) is 6.34. The Kier molecular flexibility index (Phi) is 3.72. The summed E-state index contributed by atoms with van der Waals surface area (Å²) in [6.45, 7) is 2.73. The van der Waals surface area contributed by atoms with Crippen LogP contribution in [0.2, 0.25) is 0 Å². The summed E-state index contributed by atoms with van der Waals surface area (Å²) >= 11 is 4.14. The Morgan fingerprint density at radius 3 is 2.94 bits per heavy atom. The summed E-state index contributed by atoms with van der Waals surface area (Å²) in [6, 6.07) is 4.54. The number of carbonyl (C=O) groups is 1. The summed E-state index contributed by atoms with van der Waals surface area (Å²) in [7, 11) is 0. The lowest BCUT2D eigenvalue weighted by Crippen LogP contribution is -2.42. The fraction of sp³-hybridized carbons (Fsp3) is 0.462. The third kappa shape index (κ3) is 2.63. The zero-order valence-electron chi connectivity index (χ0n) is 9.82. The minimum atomic E-state index is -0.467. The van der Waals surface area contributed by atoms with Crippen molar-refractivity contribution < 1.29 is 9.18 Å². The molecule has 1 heterocycles. The number of likely N-dealkylation sites (tertiary alicyclic amines) is 1. The zero-order valence-corrected chi connectivity index (χ0v) is 10.7. The Morgan fingerprint density at radius 1 is 1.47 bits per heavy atom. The van der Waals surface area contributed by atoms with Crippen LogP contribution in [0.4, 0.5) is 4.39 Å². The van der Waals surface area contributed by atoms with Crippen molar-refractivity contribution in [1.29, 1.82) is 0 Å². The van der Waals surface area contributed by atoms with Crippen LogP contribution in [0.25, 0.3) is 0 Å². The molecule has 0 radical (unpaired) electrons. The Bertz CT molecular complexity index is 435. The molecule has 1 amide bonds. The molecule has 1 aliphatic rings. The molecule has 2 nitrogen and oxygen atoms in total. The van der Waals surface area contributed by atoms with E-state index in [0.29, 0.717) is 4.90 Å². The molecule has 0 N–H and O–H groups in total. The highest BCUT2D eigenvalue weighted by atomic mass is 32.1. The molecule has 92 valence electrons. The summed E-state index contributed by atoms with van der Waals surface area (Å²) in [5.41, 5.74) is 0.131. The molecule has 0 aromatic heterocycles. The largest absolute Gasteiger partial charge is 0.336 e. The number of nitrogens with zero attached hydrogens (tertiary/aromatic N) is 1. The van der Waals surface area contributed by atoms with E-state index in [0.717, 1.165) is 25.8 Å². The van der Waals surface area contributed by atoms with Gasteiger partial charge in [0.15, 0.2) is 0 Å². The van der Waals surface area contributed by atoms with Gasteiger partial charge in [-0.2, -0.15) is 0 Å². The van der Waals surface area contributed by atoms with Crippen LogP contribution in [0, 0.1) is 5.82 Å². The molecule has 0 bridgehead atoms. The number of amides is 1. The molecule has 17 heavy (non-hydrogen) atoms. The lowest BCUT2D eigenvalue weighted by atomic mass is 10.0. The molecule has 1 saturated heterocycles. The Morgan fingerprint density at radius 2 is 2.24 bits per heavy atom. The third-order valence-corrected chi connectivity index (χ3v) is 3.52. The van der Waals surface area contributed by atoms with Crippen LogP contribution in [0.1, 0.15) is 36.5 Å². The number of rotatable bonds is 1. The molecule has 0 aliphatic carbocycles. The Labute approximate surface area is 106 Å². The zero-order chi connectivity index (χ0) is 12.4. The third-order valence-electron chi connectivity index (χ3n) is 3.24. The van der Waals surface area contributed by atoms with Gasteiger partial charge >= 0.3 is 0 Å². The maximum Gasteiger partial charge on any atom is 0.257 e. The van der Waals surface area contributed by atoms with Crippen molar-refractivity contribution in [3.05, 3.63) is 29.6 Å². The normalized spacial score (nSPS) is 20.4. The maximum absolute atomic E-state index is 13.6. The first-order valence-electron chi connectivity index (χ1n) is 5.89. The van der Waals surface area contributed by atoms with E-state index in [9.17, 15) is 9.18 Å². The number of halogens is 1. The van der Waals surface area contributed by atoms with Gasteiger partial charge in [0.1, 0.15) is 5.82 Å². The number of piperidine rings is 1. The molecule has 1 aliphatic heterocycles. The van der Waals surface area contributed by atoms with E-state index < -0.39 is 5.82 Å². The van der Waals surface area contributed by atoms with Crippen LogP contribution in [0.3, 0.4) is 0 Å². The van der Waals surface area contributed by atoms with E-state index >= 15 is 0 Å². The van der Waals surface area contributed by atoms with E-state index in [1.165, 1.54) is 12.1 Å². The van der Waals surface area contributed by atoms with Crippen LogP contribution >= 0.6 is 12.6 Å². The number of benzene rings is 1. The van der Waals surface area contributed by atoms with Gasteiger partial charge < -0.3 is 4.90 Å². The second-order valence-electron chi connectivity index (χ2n) is 4.51. The van der Waals surface area contributed by atoms with Crippen molar-refractivity contribution in [3.63, 3.8) is 0 Å². The number of thiol groups is 1. The van der Waals surface area contributed by atoms with Crippen LogP contribution in [0.5, 0.6) is 0 Å². The molecule has 1 fully saturated rings. The molecule has 0 saturated carbocycles. The van der Waals surface area contributed by atoms with Gasteiger partial charge in [0.2, 0.25) is 0 Å². The molecular formula is C13H16FNOS. The van der Waals surface area contributed by atoms with Crippen LogP contribution in [0.15, 0.2) is 23.1 Å². The van der Waals surface area contributed by atoms with E-state index in [1.807, 2.05) is 6.92 Å². The fourth-order valence-corrected chi connectivity index (χ4v) is 2.44. The Hall–Kier alpha value is -1.03. The van der Waals surface area contributed by atoms with Crippen molar-refractivity contribution in [2.45, 2.75) is 37.1 Å². The van der Waals surface area contributed by atoms with Gasteiger partial charge in [-0.3, -0.25) is 4.79 Å². The van der Waals surface area contributed by atoms with Crippen molar-refractivity contribution in [3.8, 4) is 0 Å². The first kappa shape index (κ1) is 12.4. The van der Waals surface area contributed by atoms with E-state index in [2.05, 4.69) is 12.6 Å². The SMILES string of the molecule is CC1CCCCN1C(=O)c1cc(S)ccc1F. The highest BCUT2D eigenvalue weighted by molar-refractivity contribution is 7.80. The monoisotopic (exact) mass is 253 g/mol. The van der Waals surface area contributed by atoms with Gasteiger partial charge in [-0.25, -0.2) is 4.39 Å². The number of hydrogen-bond donors (Lipinski definition) is 1. The van der Waals surface area contributed by atoms with Crippen LogP contribution in [-0.4, -0.2) is 23.4 Å². The van der Waals surface area contributed by atoms with Crippen molar-refractivity contribution in [2.75, 3.05) is 6.54 Å². The van der Waals surface area contributed by atoms with E-state index in [-0.39, 0.29) is 17.5 Å². The Balaban J connectivity index is 2.26. The average Bonchev–Trinajstić information content (AvgIpc) is 2.32. The van der Waals surface area contributed by atoms with Gasteiger partial charge in [0.25, 0.3) is 5.91 Å². The maximum atomic E-state index is 13.6. The predicted octanol–water partition coefficient (Wildman–Crippen LogP) is 3.13. The van der Waals surface area contributed by atoms with Crippen molar-refractivity contribution in [1.82, 2.24) is 4.90 Å². The molecule has 1 aromatic rings. The minimum Gasteiger partial charge on any atom is -0.336 e. The number of hydrogen-bond acceptors (Lipinski definition) is 2. The van der Waals surface area contributed by atoms with Crippen LogP contribution in [-0.2, 0) is 0 Å². The topological polar surface area (TPSA) is 20.3 Å². The second-order valence-corrected chi connectivity index (χ2v) is 5.02. The van der Waals surface area contributed by atoms with Gasteiger partial charge in [0, 0.05) is 17.5 Å². The van der Waals surface area contributed by atoms with E-state index in [4.69, 9.17) is 0 Å². The minimum absolute atomic E-state index is 0.131. The summed E-state index contributed by atoms with van der Waals surface area (Å²) in [5, 5.41) is 0. The summed E-state index contributed by atoms with van der Waals surface area (Å²) in [4.78, 5) is 14.6. The molecule has 2 rings (SSSR count). The first-order chi connectivity index (χ1) is 8.09. The smallest absolute Gasteiger partial charge is 0.257 e. The summed E-state index contributed by atoms with van der Waals surface area (Å²) in [5.74, 6) is -0.684. The standard InChI is InChI=1S/C13H16FNOS/c1-9-4-2-3-7-15(9)13(16)11-8-10(17)5-6-12(11)14/h5-6,8-9,17H,2-4,7H2,1H3. The summed E-state index contributed by atoms with van der Waals surface area (Å²) < 4.78 is 13.6. The van der Waals surface area contributed by atoms with E-state index in [1.54, 1.807) is 11.0 Å². The van der Waals surface area contributed by atoms with Crippen molar-refractivity contribution >= 4 is 18.5 Å². The second kappa shape index (κ2) is 5.08. The lowest BCUT2D eigenvalue weighted by Gasteiger charge is -2.33. The predicted molar refractivity (Wildman–Crippen MR) is 68.0 cm³/mol. The highest BCUT2D eigenvalue weighted by Gasteiger charge is 2.25. The molecule has 1 aromatic carbocycles. The van der Waals surface area contributed by atoms with Gasteiger partial charge in [-0.1, -0.05) is 0 Å². The highest BCUT2D eigenvalue weighted by Crippen LogP contribution is 2.21. The molecule has 0 spiro atoms. The lowest BCUT2D eigenvalue weighted by molar-refractivity contribution is 0.0630. The quantitative estimate of drug-likeness (QED) is 0.762. The molecule has 4 heteroatoms. The molecule has 1 unspecified atom stereocenters. The summed E-state index contributed by atoms with van der Waals surface area (Å²) in [6.07, 6.45) is 3.13. The van der Waals surface area contributed by atoms with Crippen molar-refractivity contribution in [2.24, 2.45) is 0 Å². The average molecular weight is 253 g/mol. The fourth-order valence-electron chi connectivity index (χ4n) is 2.23. The molecule has 1 atom stereocenters. The van der Waals surface area contributed by atoms with Crippen LogP contribution < -0.4 is 0 Å². The van der Waals surface area contributed by atoms with Gasteiger partial charge in [-0.15, -0.1) is 12.6 Å². The number of carbonyl (C=O) groups excluding carboxylic acids is 1. The van der Waals surface area contributed by atoms with Gasteiger partial charge in [0.05, 0.1) is 5.56 Å². The van der Waals surface area contributed by atoms with Gasteiger partial charge in [-0.05, 0) is 44.4 Å².